The first kappa shape index (κ1) is 19.4. The number of carbonyl (C=O) groups is 3. The minimum Gasteiger partial charge on any atom is -0.467 e. The standard InChI is InChI=1S/C11H13NO3S.C7H6O/c1-15-11(14)9(7-16)12-10(13)8-5-3-2-4-6-8;8-6-7-4-2-1-3-5-7/h2-6,9,16H,7H2,1H3,(H,12,13);1-6H. The molecule has 2 aromatic carbocycles. The zero-order valence-corrected chi connectivity index (χ0v) is 14.1. The van der Waals surface area contributed by atoms with E-state index in [2.05, 4.69) is 22.7 Å². The lowest BCUT2D eigenvalue weighted by Crippen LogP contribution is -2.42. The SMILES string of the molecule is COC(=O)C(CS)NC(=O)c1ccccc1.O=Cc1ccccc1. The van der Waals surface area contributed by atoms with Gasteiger partial charge < -0.3 is 10.1 Å². The number of benzene rings is 2. The summed E-state index contributed by atoms with van der Waals surface area (Å²) < 4.78 is 4.54. The van der Waals surface area contributed by atoms with Crippen molar-refractivity contribution < 1.29 is 19.1 Å². The molecule has 2 rings (SSSR count). The third kappa shape index (κ3) is 6.66. The first-order valence-electron chi connectivity index (χ1n) is 7.17. The number of rotatable bonds is 5. The van der Waals surface area contributed by atoms with Gasteiger partial charge >= 0.3 is 5.97 Å². The maximum Gasteiger partial charge on any atom is 0.329 e. The smallest absolute Gasteiger partial charge is 0.329 e. The highest BCUT2D eigenvalue weighted by molar-refractivity contribution is 7.80. The summed E-state index contributed by atoms with van der Waals surface area (Å²) in [5, 5.41) is 2.54. The van der Waals surface area contributed by atoms with Crippen LogP contribution in [0.4, 0.5) is 0 Å². The normalized spacial score (nSPS) is 10.6. The van der Waals surface area contributed by atoms with Gasteiger partial charge in [0.25, 0.3) is 5.91 Å². The van der Waals surface area contributed by atoms with Crippen molar-refractivity contribution in [2.24, 2.45) is 0 Å². The topological polar surface area (TPSA) is 72.5 Å². The molecule has 1 N–H and O–H groups in total. The summed E-state index contributed by atoms with van der Waals surface area (Å²) in [7, 11) is 1.27. The molecule has 0 saturated heterocycles. The second kappa shape index (κ2) is 11.0. The van der Waals surface area contributed by atoms with Gasteiger partial charge in [-0.05, 0) is 12.1 Å². The Labute approximate surface area is 146 Å². The molecule has 1 unspecified atom stereocenters. The Morgan fingerprint density at radius 3 is 2.04 bits per heavy atom. The van der Waals surface area contributed by atoms with Gasteiger partial charge in [-0.25, -0.2) is 4.79 Å². The molecule has 1 atom stereocenters. The van der Waals surface area contributed by atoms with E-state index in [0.29, 0.717) is 5.56 Å². The van der Waals surface area contributed by atoms with E-state index in [1.165, 1.54) is 7.11 Å². The number of carbonyl (C=O) groups excluding carboxylic acids is 3. The van der Waals surface area contributed by atoms with Crippen molar-refractivity contribution in [3.8, 4) is 0 Å². The first-order valence-corrected chi connectivity index (χ1v) is 7.80. The van der Waals surface area contributed by atoms with E-state index < -0.39 is 12.0 Å². The molecule has 0 aliphatic heterocycles. The number of ether oxygens (including phenoxy) is 1. The van der Waals surface area contributed by atoms with Crippen molar-refractivity contribution in [3.63, 3.8) is 0 Å². The van der Waals surface area contributed by atoms with Crippen LogP contribution in [-0.2, 0) is 9.53 Å². The number of esters is 1. The summed E-state index contributed by atoms with van der Waals surface area (Å²) >= 11 is 3.98. The molecule has 0 fully saturated rings. The van der Waals surface area contributed by atoms with Crippen LogP contribution in [0.25, 0.3) is 0 Å². The van der Waals surface area contributed by atoms with Gasteiger partial charge in [-0.2, -0.15) is 12.6 Å². The van der Waals surface area contributed by atoms with Crippen LogP contribution in [0, 0.1) is 0 Å². The molecule has 0 bridgehead atoms. The van der Waals surface area contributed by atoms with Gasteiger partial charge in [0, 0.05) is 16.9 Å². The van der Waals surface area contributed by atoms with Gasteiger partial charge in [0.2, 0.25) is 0 Å². The van der Waals surface area contributed by atoms with E-state index in [1.807, 2.05) is 24.3 Å². The maximum absolute atomic E-state index is 11.7. The summed E-state index contributed by atoms with van der Waals surface area (Å²) in [6.07, 6.45) is 0.833. The number of amides is 1. The molecule has 6 heteroatoms. The Bertz CT molecular complexity index is 647. The minimum absolute atomic E-state index is 0.200. The highest BCUT2D eigenvalue weighted by atomic mass is 32.1. The van der Waals surface area contributed by atoms with Gasteiger partial charge in [0.05, 0.1) is 7.11 Å². The molecular formula is C18H19NO4S. The molecule has 5 nitrogen and oxygen atoms in total. The van der Waals surface area contributed by atoms with Crippen LogP contribution in [0.5, 0.6) is 0 Å². The zero-order valence-electron chi connectivity index (χ0n) is 13.2. The van der Waals surface area contributed by atoms with Crippen LogP contribution in [0.3, 0.4) is 0 Å². The van der Waals surface area contributed by atoms with Gasteiger partial charge in [0.1, 0.15) is 12.3 Å². The van der Waals surface area contributed by atoms with Crippen LogP contribution in [0.2, 0.25) is 0 Å². The largest absolute Gasteiger partial charge is 0.467 e. The van der Waals surface area contributed by atoms with E-state index in [9.17, 15) is 14.4 Å². The van der Waals surface area contributed by atoms with Crippen LogP contribution in [0.1, 0.15) is 20.7 Å². The number of hydrogen-bond acceptors (Lipinski definition) is 5. The van der Waals surface area contributed by atoms with Crippen molar-refractivity contribution >= 4 is 30.8 Å². The molecule has 1 amide bonds. The summed E-state index contributed by atoms with van der Waals surface area (Å²) in [5.74, 6) is -0.616. The van der Waals surface area contributed by atoms with Crippen molar-refractivity contribution in [3.05, 3.63) is 71.8 Å². The van der Waals surface area contributed by atoms with E-state index in [4.69, 9.17) is 0 Å². The van der Waals surface area contributed by atoms with Crippen molar-refractivity contribution in [2.45, 2.75) is 6.04 Å². The number of aldehydes is 1. The highest BCUT2D eigenvalue weighted by Crippen LogP contribution is 2.00. The number of nitrogens with one attached hydrogen (secondary N) is 1. The number of methoxy groups -OCH3 is 1. The Balaban J connectivity index is 0.000000300. The Morgan fingerprint density at radius 1 is 1.08 bits per heavy atom. The average molecular weight is 345 g/mol. The van der Waals surface area contributed by atoms with Crippen LogP contribution >= 0.6 is 12.6 Å². The van der Waals surface area contributed by atoms with E-state index >= 15 is 0 Å². The maximum atomic E-state index is 11.7. The molecule has 0 aromatic heterocycles. The van der Waals surface area contributed by atoms with Crippen LogP contribution in [0.15, 0.2) is 60.7 Å². The Hall–Kier alpha value is -2.60. The lowest BCUT2D eigenvalue weighted by molar-refractivity contribution is -0.142. The minimum atomic E-state index is -0.721. The summed E-state index contributed by atoms with van der Waals surface area (Å²) in [4.78, 5) is 32.9. The fourth-order valence-electron chi connectivity index (χ4n) is 1.68. The van der Waals surface area contributed by atoms with Gasteiger partial charge in [0.15, 0.2) is 0 Å². The Kier molecular flexibility index (Phi) is 8.93. The van der Waals surface area contributed by atoms with Gasteiger partial charge in [-0.1, -0.05) is 48.5 Å². The molecular weight excluding hydrogens is 326 g/mol. The van der Waals surface area contributed by atoms with Gasteiger partial charge in [-0.15, -0.1) is 0 Å². The molecule has 0 aliphatic carbocycles. The molecule has 0 saturated carbocycles. The van der Waals surface area contributed by atoms with Crippen LogP contribution < -0.4 is 5.32 Å². The highest BCUT2D eigenvalue weighted by Gasteiger charge is 2.20. The van der Waals surface area contributed by atoms with E-state index in [-0.39, 0.29) is 11.7 Å². The van der Waals surface area contributed by atoms with Crippen molar-refractivity contribution in [1.82, 2.24) is 5.32 Å². The molecule has 0 heterocycles. The lowest BCUT2D eigenvalue weighted by Gasteiger charge is -2.13. The molecule has 126 valence electrons. The first-order chi connectivity index (χ1) is 11.6. The fourth-order valence-corrected chi connectivity index (χ4v) is 1.92. The number of hydrogen-bond donors (Lipinski definition) is 2. The second-order valence-corrected chi connectivity index (χ2v) is 4.99. The van der Waals surface area contributed by atoms with Gasteiger partial charge in [-0.3, -0.25) is 9.59 Å². The predicted octanol–water partition coefficient (Wildman–Crippen LogP) is 2.39. The van der Waals surface area contributed by atoms with Crippen LogP contribution in [-0.4, -0.2) is 37.1 Å². The average Bonchev–Trinajstić information content (AvgIpc) is 2.67. The summed E-state index contributed by atoms with van der Waals surface area (Å²) in [5.41, 5.74) is 1.23. The van der Waals surface area contributed by atoms with E-state index in [1.54, 1.807) is 36.4 Å². The Morgan fingerprint density at radius 2 is 1.62 bits per heavy atom. The molecule has 0 spiro atoms. The monoisotopic (exact) mass is 345 g/mol. The quantitative estimate of drug-likeness (QED) is 0.496. The second-order valence-electron chi connectivity index (χ2n) is 4.63. The fraction of sp³-hybridized carbons (Fsp3) is 0.167. The van der Waals surface area contributed by atoms with Crippen molar-refractivity contribution in [1.29, 1.82) is 0 Å². The third-order valence-electron chi connectivity index (χ3n) is 2.95. The van der Waals surface area contributed by atoms with E-state index in [0.717, 1.165) is 11.8 Å². The molecule has 0 radical (unpaired) electrons. The summed E-state index contributed by atoms with van der Waals surface area (Å²) in [6, 6.07) is 17.0. The zero-order chi connectivity index (χ0) is 17.8. The number of thiol groups is 1. The molecule has 24 heavy (non-hydrogen) atoms. The molecule has 0 aliphatic rings. The summed E-state index contributed by atoms with van der Waals surface area (Å²) in [6.45, 7) is 0. The third-order valence-corrected chi connectivity index (χ3v) is 3.31. The van der Waals surface area contributed by atoms with Crippen molar-refractivity contribution in [2.75, 3.05) is 12.9 Å². The predicted molar refractivity (Wildman–Crippen MR) is 95.4 cm³/mol. The molecule has 2 aromatic rings. The lowest BCUT2D eigenvalue weighted by atomic mass is 10.2.